The Morgan fingerprint density at radius 1 is 1.25 bits per heavy atom. The summed E-state index contributed by atoms with van der Waals surface area (Å²) in [6, 6.07) is 8.04. The van der Waals surface area contributed by atoms with Crippen LogP contribution >= 0.6 is 15.9 Å². The Morgan fingerprint density at radius 2 is 2.00 bits per heavy atom. The summed E-state index contributed by atoms with van der Waals surface area (Å²) in [7, 11) is 1.63. The molecule has 8 nitrogen and oxygen atoms in total. The first kappa shape index (κ1) is 23.5. The Morgan fingerprint density at radius 3 is 2.69 bits per heavy atom. The van der Waals surface area contributed by atoms with Crippen LogP contribution in [0.2, 0.25) is 0 Å². The minimum absolute atomic E-state index is 0.214. The average Bonchev–Trinajstić information content (AvgIpc) is 2.69. The van der Waals surface area contributed by atoms with E-state index in [9.17, 15) is 9.18 Å². The quantitative estimate of drug-likeness (QED) is 0.449. The number of fused-ring (bicyclic) bond motifs is 1. The maximum absolute atomic E-state index is 14.2. The van der Waals surface area contributed by atoms with Crippen molar-refractivity contribution in [3.63, 3.8) is 0 Å². The topological polar surface area (TPSA) is 103 Å². The van der Waals surface area contributed by atoms with Gasteiger partial charge in [-0.2, -0.15) is 0 Å². The van der Waals surface area contributed by atoms with Crippen molar-refractivity contribution in [3.05, 3.63) is 46.9 Å². The van der Waals surface area contributed by atoms with E-state index >= 15 is 0 Å². The molecule has 0 aliphatic carbocycles. The third kappa shape index (κ3) is 5.97. The molecule has 0 aliphatic heterocycles. The van der Waals surface area contributed by atoms with Crippen molar-refractivity contribution in [2.24, 2.45) is 0 Å². The molecule has 0 saturated carbocycles. The summed E-state index contributed by atoms with van der Waals surface area (Å²) in [6.07, 6.45) is 0.939. The van der Waals surface area contributed by atoms with Crippen LogP contribution in [0, 0.1) is 5.82 Å². The standard InChI is InChI=1S/C22H25BrFN5O3/c1-22(2,3)32-21(30)29(4)7-8-31-19-11-18-14(10-16(19)25)20(27-12-26-18)28-17-6-5-13(23)9-15(17)24/h5-6,9-12H,7-8,25H2,1-4H3,(H,26,27,28). The Balaban J connectivity index is 1.72. The number of nitrogens with zero attached hydrogens (tertiary/aromatic N) is 3. The van der Waals surface area contributed by atoms with Gasteiger partial charge in [-0.3, -0.25) is 0 Å². The van der Waals surface area contributed by atoms with Gasteiger partial charge in [0.2, 0.25) is 0 Å². The minimum Gasteiger partial charge on any atom is -0.489 e. The first-order valence-electron chi connectivity index (χ1n) is 9.87. The zero-order valence-electron chi connectivity index (χ0n) is 18.3. The molecule has 0 fully saturated rings. The van der Waals surface area contributed by atoms with Gasteiger partial charge >= 0.3 is 6.09 Å². The first-order valence-corrected chi connectivity index (χ1v) is 10.7. The number of carbonyl (C=O) groups excluding carboxylic acids is 1. The molecule has 10 heteroatoms. The highest BCUT2D eigenvalue weighted by Gasteiger charge is 2.19. The number of amides is 1. The molecule has 32 heavy (non-hydrogen) atoms. The number of carbonyl (C=O) groups is 1. The summed E-state index contributed by atoms with van der Waals surface area (Å²) in [5.41, 5.74) is 6.81. The number of hydrogen-bond donors (Lipinski definition) is 2. The van der Waals surface area contributed by atoms with E-state index in [1.807, 2.05) is 0 Å². The van der Waals surface area contributed by atoms with Gasteiger partial charge in [0.15, 0.2) is 0 Å². The molecule has 2 aromatic carbocycles. The Labute approximate surface area is 194 Å². The number of benzene rings is 2. The summed E-state index contributed by atoms with van der Waals surface area (Å²) in [6.45, 7) is 5.95. The lowest BCUT2D eigenvalue weighted by Crippen LogP contribution is -2.36. The van der Waals surface area contributed by atoms with E-state index < -0.39 is 17.5 Å². The molecule has 0 spiro atoms. The Kier molecular flexibility index (Phi) is 7.02. The van der Waals surface area contributed by atoms with Gasteiger partial charge < -0.3 is 25.4 Å². The van der Waals surface area contributed by atoms with E-state index in [2.05, 4.69) is 31.2 Å². The van der Waals surface area contributed by atoms with Crippen molar-refractivity contribution in [2.75, 3.05) is 31.2 Å². The third-order valence-corrected chi connectivity index (χ3v) is 4.83. The van der Waals surface area contributed by atoms with Crippen LogP contribution in [0.4, 0.5) is 26.4 Å². The van der Waals surface area contributed by atoms with Crippen LogP contribution in [0.15, 0.2) is 41.1 Å². The fraction of sp³-hybridized carbons (Fsp3) is 0.318. The van der Waals surface area contributed by atoms with Crippen molar-refractivity contribution in [3.8, 4) is 5.75 Å². The number of halogens is 2. The molecule has 1 aromatic heterocycles. The largest absolute Gasteiger partial charge is 0.489 e. The van der Waals surface area contributed by atoms with Crippen LogP contribution < -0.4 is 15.8 Å². The van der Waals surface area contributed by atoms with Gasteiger partial charge in [-0.05, 0) is 45.0 Å². The summed E-state index contributed by atoms with van der Waals surface area (Å²) in [5.74, 6) is 0.418. The van der Waals surface area contributed by atoms with Crippen molar-refractivity contribution in [1.82, 2.24) is 14.9 Å². The summed E-state index contributed by atoms with van der Waals surface area (Å²) < 4.78 is 25.9. The smallest absolute Gasteiger partial charge is 0.410 e. The van der Waals surface area contributed by atoms with Gasteiger partial charge in [0.1, 0.15) is 35.9 Å². The number of likely N-dealkylation sites (N-methyl/N-ethyl adjacent to an activating group) is 1. The van der Waals surface area contributed by atoms with Crippen LogP contribution in [0.25, 0.3) is 10.9 Å². The third-order valence-electron chi connectivity index (χ3n) is 4.34. The molecule has 3 rings (SSSR count). The summed E-state index contributed by atoms with van der Waals surface area (Å²) >= 11 is 3.24. The molecule has 0 radical (unpaired) electrons. The molecule has 1 heterocycles. The second-order valence-electron chi connectivity index (χ2n) is 8.13. The average molecular weight is 506 g/mol. The molecule has 1 amide bonds. The van der Waals surface area contributed by atoms with Crippen LogP contribution in [0.1, 0.15) is 20.8 Å². The number of anilines is 3. The van der Waals surface area contributed by atoms with Crippen molar-refractivity contribution >= 4 is 50.1 Å². The Bertz CT molecular complexity index is 1140. The number of aromatic nitrogens is 2. The number of hydrogen-bond acceptors (Lipinski definition) is 7. The van der Waals surface area contributed by atoms with Crippen molar-refractivity contribution in [1.29, 1.82) is 0 Å². The predicted molar refractivity (Wildman–Crippen MR) is 126 cm³/mol. The fourth-order valence-electron chi connectivity index (χ4n) is 2.77. The molecular weight excluding hydrogens is 481 g/mol. The zero-order chi connectivity index (χ0) is 23.5. The number of nitrogens with two attached hydrogens (primary N) is 1. The van der Waals surface area contributed by atoms with E-state index in [-0.39, 0.29) is 12.3 Å². The monoisotopic (exact) mass is 505 g/mol. The van der Waals surface area contributed by atoms with Crippen molar-refractivity contribution < 1.29 is 18.7 Å². The molecule has 170 valence electrons. The lowest BCUT2D eigenvalue weighted by atomic mass is 10.2. The maximum Gasteiger partial charge on any atom is 0.410 e. The molecule has 0 atom stereocenters. The molecular formula is C22H25BrFN5O3. The number of rotatable bonds is 6. The van der Waals surface area contributed by atoms with E-state index in [1.165, 1.54) is 17.3 Å². The van der Waals surface area contributed by atoms with Gasteiger partial charge in [-0.15, -0.1) is 0 Å². The summed E-state index contributed by atoms with van der Waals surface area (Å²) in [5, 5.41) is 3.59. The van der Waals surface area contributed by atoms with E-state index in [0.29, 0.717) is 39.2 Å². The van der Waals surface area contributed by atoms with E-state index in [0.717, 1.165) is 0 Å². The number of ether oxygens (including phenoxy) is 2. The molecule has 3 aromatic rings. The lowest BCUT2D eigenvalue weighted by Gasteiger charge is -2.24. The minimum atomic E-state index is -0.570. The van der Waals surface area contributed by atoms with Gasteiger partial charge in [0, 0.05) is 23.0 Å². The number of nitrogens with one attached hydrogen (secondary N) is 1. The second kappa shape index (κ2) is 9.56. The molecule has 0 aliphatic rings. The SMILES string of the molecule is CN(CCOc1cc2ncnc(Nc3ccc(Br)cc3F)c2cc1N)C(=O)OC(C)(C)C. The van der Waals surface area contributed by atoms with Crippen LogP contribution in [-0.4, -0.2) is 46.8 Å². The Hall–Kier alpha value is -3.14. The van der Waals surface area contributed by atoms with Gasteiger partial charge in [0.25, 0.3) is 0 Å². The highest BCUT2D eigenvalue weighted by molar-refractivity contribution is 9.10. The van der Waals surface area contributed by atoms with Crippen LogP contribution in [0.5, 0.6) is 5.75 Å². The van der Waals surface area contributed by atoms with Crippen LogP contribution in [0.3, 0.4) is 0 Å². The van der Waals surface area contributed by atoms with Gasteiger partial charge in [0.05, 0.1) is 23.4 Å². The van der Waals surface area contributed by atoms with Crippen LogP contribution in [-0.2, 0) is 4.74 Å². The predicted octanol–water partition coefficient (Wildman–Crippen LogP) is 5.10. The molecule has 0 saturated heterocycles. The fourth-order valence-corrected chi connectivity index (χ4v) is 3.10. The normalized spacial score (nSPS) is 11.3. The second-order valence-corrected chi connectivity index (χ2v) is 9.04. The summed E-state index contributed by atoms with van der Waals surface area (Å²) in [4.78, 5) is 21.9. The zero-order valence-corrected chi connectivity index (χ0v) is 19.9. The molecule has 0 bridgehead atoms. The molecule has 0 unspecified atom stereocenters. The van der Waals surface area contributed by atoms with Gasteiger partial charge in [-0.25, -0.2) is 19.2 Å². The highest BCUT2D eigenvalue weighted by Crippen LogP contribution is 2.32. The maximum atomic E-state index is 14.2. The highest BCUT2D eigenvalue weighted by atomic mass is 79.9. The van der Waals surface area contributed by atoms with E-state index in [4.69, 9.17) is 15.2 Å². The van der Waals surface area contributed by atoms with Crippen molar-refractivity contribution in [2.45, 2.75) is 26.4 Å². The van der Waals surface area contributed by atoms with Gasteiger partial charge in [-0.1, -0.05) is 15.9 Å². The lowest BCUT2D eigenvalue weighted by molar-refractivity contribution is 0.0278. The first-order chi connectivity index (χ1) is 15.0. The number of nitrogen functional groups attached to an aromatic ring is 1. The van der Waals surface area contributed by atoms with E-state index in [1.54, 1.807) is 52.1 Å². The molecule has 3 N–H and O–H groups in total.